The van der Waals surface area contributed by atoms with Gasteiger partial charge in [-0.2, -0.15) is 0 Å². The number of urea groups is 2. The average Bonchev–Trinajstić information content (AvgIpc) is 0.779. The van der Waals surface area contributed by atoms with Crippen molar-refractivity contribution in [3.05, 3.63) is 259 Å². The molecular formula is C115H162N4O21. The Balaban J connectivity index is 0.000000885. The molecule has 768 valence electrons. The van der Waals surface area contributed by atoms with Crippen molar-refractivity contribution in [2.75, 3.05) is 26.2 Å². The van der Waals surface area contributed by atoms with Crippen molar-refractivity contribution >= 4 is 76.8 Å². The Morgan fingerprint density at radius 3 is 0.879 bits per heavy atom. The SMILES string of the molecule is CC(C)(C)OC(=O)CCCNC(=O)NCC(=O)O.CC1=C(/C=C/C(C)=C/C=C/C(C)=C/C=C/C=C(C)/C=C/C=C(C)/C=C/C2=C(C)C(=O)[C@@H](O)CC2(C)C)C(C)(C)C[C@H](O)C1=O.CC1=C(/C=C/C(C)=C/C=C/C(C)=C/C=C/C=C(C)/C=C/C=C(C)/C=C/C2=C(C)C(=O)[C@@H](OC(=O)CNC(=O)NCCCC(=O)OC(C)(C)C)CC2(C)C)C(C)(C)C[C@H](OC(=O)CCC(=O)CCCCC(=O)OC(C)(C)C)C1=O. The predicted octanol–water partition coefficient (Wildman–Crippen LogP) is 22.1. The minimum absolute atomic E-state index is 0.0247. The lowest BCUT2D eigenvalue weighted by Crippen LogP contribution is -2.43. The van der Waals surface area contributed by atoms with Crippen LogP contribution in [0.25, 0.3) is 0 Å². The highest BCUT2D eigenvalue weighted by molar-refractivity contribution is 6.03. The lowest BCUT2D eigenvalue weighted by atomic mass is 9.71. The molecule has 0 saturated carbocycles. The van der Waals surface area contributed by atoms with Gasteiger partial charge in [-0.3, -0.25) is 52.7 Å². The molecule has 0 saturated heterocycles. The van der Waals surface area contributed by atoms with E-state index in [-0.39, 0.29) is 116 Å². The number of hydrogen-bond donors (Lipinski definition) is 7. The van der Waals surface area contributed by atoms with E-state index in [1.165, 1.54) is 0 Å². The van der Waals surface area contributed by atoms with Crippen LogP contribution in [0.15, 0.2) is 259 Å². The van der Waals surface area contributed by atoms with Gasteiger partial charge >= 0.3 is 47.9 Å². The Bertz CT molecular complexity index is 4880. The predicted molar refractivity (Wildman–Crippen MR) is 557 cm³/mol. The second-order valence-electron chi connectivity index (χ2n) is 41.6. The van der Waals surface area contributed by atoms with Gasteiger partial charge in [-0.15, -0.1) is 0 Å². The molecule has 7 N–H and O–H groups in total. The van der Waals surface area contributed by atoms with E-state index >= 15 is 0 Å². The number of rotatable bonds is 42. The fourth-order valence-corrected chi connectivity index (χ4v) is 15.2. The molecule has 0 unspecified atom stereocenters. The Labute approximate surface area is 833 Å². The van der Waals surface area contributed by atoms with Crippen LogP contribution in [0.2, 0.25) is 0 Å². The van der Waals surface area contributed by atoms with E-state index in [0.29, 0.717) is 67.2 Å². The number of aliphatic hydroxyl groups is 2. The van der Waals surface area contributed by atoms with E-state index in [0.717, 1.165) is 66.9 Å². The molecular weight excluding hydrogens is 1770 g/mol. The van der Waals surface area contributed by atoms with Crippen molar-refractivity contribution in [3.8, 4) is 0 Å². The first-order valence-corrected chi connectivity index (χ1v) is 48.2. The quantitative estimate of drug-likeness (QED) is 0.0129. The van der Waals surface area contributed by atoms with Gasteiger partial charge in [0.25, 0.3) is 0 Å². The number of ether oxygens (including phenoxy) is 5. The molecule has 0 aromatic carbocycles. The zero-order valence-corrected chi connectivity index (χ0v) is 88.9. The highest BCUT2D eigenvalue weighted by atomic mass is 16.6. The molecule has 4 atom stereocenters. The molecule has 0 aliphatic heterocycles. The van der Waals surface area contributed by atoms with Gasteiger partial charge in [0.15, 0.2) is 35.3 Å². The van der Waals surface area contributed by atoms with Gasteiger partial charge in [0.2, 0.25) is 0 Å². The molecule has 0 fully saturated rings. The van der Waals surface area contributed by atoms with Crippen molar-refractivity contribution < 1.29 is 101 Å². The number of esters is 5. The standard InChI is InChI=1S/C64H90N2O12.C40H52O4.C11H20N2O5/c1-43(26-21-28-45(3)33-36-50-47(5)58(72)52(40-63(50,13)14)75-54(68)38-35-49(67)30-19-20-31-55(69)77-61(7,8)9)24-17-18-25-44(2)27-22-29-46(4)34-37-51-48(6)59(73)53(41-64(51,15)16)76-57(71)42-66-60(74)65-39-23-32-56(70)78-62(10,11)12;1-27(17-13-19-29(3)21-23-33-31(5)37(43)35(41)25-39(33,7)8)15-11-12-16-28(2)18-14-20-30(4)22-24-34-32(6)38(44)36(42)26-40(34,9)10;1-11(2,3)18-9(16)5-4-6-12-10(17)13-7-8(14)15/h17-18,21-22,24-29,33-34,36-37,52-53H,19-20,23,30-32,35,38-42H2,1-16H3,(H2,65,66,74);11-24,35-36,41-42H,25-26H2,1-10H3;4-7H2,1-3H3,(H,14,15)(H2,12,13,17)/b18-17+,26-21+,27-22+,36-33+,37-34+,43-24+,44-25+,45-28+,46-29+;12-11+,17-13+,18-14+,23-21+,24-22+,27-15+,28-16+,29-19+,30-20+;/t52-,53-;35-,36-;/m00./s1. The van der Waals surface area contributed by atoms with Gasteiger partial charge < -0.3 is 60.3 Å². The normalized spacial score (nSPS) is 19.6. The van der Waals surface area contributed by atoms with Crippen LogP contribution in [0.5, 0.6) is 0 Å². The first kappa shape index (κ1) is 124. The van der Waals surface area contributed by atoms with Gasteiger partial charge in [0.1, 0.15) is 47.9 Å². The summed E-state index contributed by atoms with van der Waals surface area (Å²) in [6.07, 6.45) is 56.6. The number of hydrogen-bond acceptors (Lipinski definition) is 20. The van der Waals surface area contributed by atoms with Gasteiger partial charge in [-0.25, -0.2) is 9.59 Å². The summed E-state index contributed by atoms with van der Waals surface area (Å²) in [6.45, 7) is 55.3. The largest absolute Gasteiger partial charge is 0.480 e. The third kappa shape index (κ3) is 50.7. The number of nitrogens with one attached hydrogen (secondary N) is 4. The van der Waals surface area contributed by atoms with Crippen LogP contribution < -0.4 is 21.3 Å². The molecule has 0 aromatic heterocycles. The topological polar surface area (TPSA) is 377 Å². The maximum atomic E-state index is 13.4. The van der Waals surface area contributed by atoms with Crippen LogP contribution in [0.1, 0.15) is 291 Å². The van der Waals surface area contributed by atoms with E-state index in [1.54, 1.807) is 90.0 Å². The number of aliphatic carboxylic acids is 1. The summed E-state index contributed by atoms with van der Waals surface area (Å²) in [4.78, 5) is 157. The summed E-state index contributed by atoms with van der Waals surface area (Å²) >= 11 is 0. The van der Waals surface area contributed by atoms with E-state index < -0.39 is 95.1 Å². The summed E-state index contributed by atoms with van der Waals surface area (Å²) in [6, 6.07) is -1.15. The Hall–Kier alpha value is -12.1. The van der Waals surface area contributed by atoms with Crippen LogP contribution in [0.3, 0.4) is 0 Å². The molecule has 0 spiro atoms. The average molecular weight is 1940 g/mol. The Morgan fingerprint density at radius 1 is 0.321 bits per heavy atom. The molecule has 4 aliphatic rings. The number of Topliss-reactive ketones (excluding diaryl/α,β-unsaturated/α-hetero) is 5. The van der Waals surface area contributed by atoms with E-state index in [2.05, 4.69) is 87.1 Å². The van der Waals surface area contributed by atoms with Gasteiger partial charge in [0.05, 0.1) is 6.42 Å². The number of carboxylic acid groups (broad SMARTS) is 1. The van der Waals surface area contributed by atoms with Crippen molar-refractivity contribution in [2.45, 2.75) is 332 Å². The highest BCUT2D eigenvalue weighted by Gasteiger charge is 2.43. The third-order valence-electron chi connectivity index (χ3n) is 22.6. The molecule has 0 aromatic rings. The minimum atomic E-state index is -1.11. The lowest BCUT2D eigenvalue weighted by Gasteiger charge is -2.36. The summed E-state index contributed by atoms with van der Waals surface area (Å²) in [5.41, 5.74) is 11.5. The number of carbonyl (C=O) groups excluding carboxylic acids is 12. The van der Waals surface area contributed by atoms with Crippen LogP contribution in [0, 0.1) is 21.7 Å². The maximum absolute atomic E-state index is 13.4. The third-order valence-corrected chi connectivity index (χ3v) is 22.6. The molecule has 25 nitrogen and oxygen atoms in total. The van der Waals surface area contributed by atoms with Crippen LogP contribution in [-0.2, 0) is 76.4 Å². The van der Waals surface area contributed by atoms with Crippen molar-refractivity contribution in [1.82, 2.24) is 21.3 Å². The molecule has 0 bridgehead atoms. The Kier molecular flexibility index (Phi) is 52.7. The smallest absolute Gasteiger partial charge is 0.326 e. The molecule has 140 heavy (non-hydrogen) atoms. The summed E-state index contributed by atoms with van der Waals surface area (Å²) in [5, 5.41) is 38.0. The fraction of sp³-hybridized carbons (Fsp3) is 0.504. The summed E-state index contributed by atoms with van der Waals surface area (Å²) in [7, 11) is 0. The number of ketones is 5. The van der Waals surface area contributed by atoms with E-state index in [9.17, 15) is 72.5 Å². The molecule has 4 rings (SSSR count). The van der Waals surface area contributed by atoms with Gasteiger partial charge in [-0.1, -0.05) is 270 Å². The zero-order chi connectivity index (χ0) is 106. The number of unbranched alkanes of at least 4 members (excludes halogenated alkanes) is 1. The minimum Gasteiger partial charge on any atom is -0.480 e. The van der Waals surface area contributed by atoms with E-state index in [1.807, 2.05) is 215 Å². The number of carboxylic acids is 1. The van der Waals surface area contributed by atoms with Crippen molar-refractivity contribution in [1.29, 1.82) is 0 Å². The first-order chi connectivity index (χ1) is 64.9. The molecule has 0 heterocycles. The molecule has 25 heteroatoms. The van der Waals surface area contributed by atoms with Crippen LogP contribution in [-0.4, -0.2) is 160 Å². The van der Waals surface area contributed by atoms with Crippen molar-refractivity contribution in [3.63, 3.8) is 0 Å². The Morgan fingerprint density at radius 2 is 0.579 bits per heavy atom. The zero-order valence-electron chi connectivity index (χ0n) is 88.9. The fourth-order valence-electron chi connectivity index (χ4n) is 15.2. The first-order valence-electron chi connectivity index (χ1n) is 48.2. The lowest BCUT2D eigenvalue weighted by molar-refractivity contribution is -0.156. The maximum Gasteiger partial charge on any atom is 0.326 e. The second-order valence-corrected chi connectivity index (χ2v) is 41.6. The van der Waals surface area contributed by atoms with Crippen LogP contribution >= 0.6 is 0 Å². The second kappa shape index (κ2) is 59.5. The number of allylic oxidation sites excluding steroid dienone is 40. The summed E-state index contributed by atoms with van der Waals surface area (Å²) < 4.78 is 26.8. The highest BCUT2D eigenvalue weighted by Crippen LogP contribution is 2.44. The monoisotopic (exact) mass is 1940 g/mol. The molecule has 0 radical (unpaired) electrons. The number of amides is 4. The van der Waals surface area contributed by atoms with Gasteiger partial charge in [-0.05, 0) is 250 Å². The number of carbonyl (C=O) groups is 13. The van der Waals surface area contributed by atoms with Crippen LogP contribution in [0.4, 0.5) is 9.59 Å². The number of aliphatic hydroxyl groups excluding tert-OH is 2. The van der Waals surface area contributed by atoms with Gasteiger partial charge in [0, 0.05) is 58.0 Å². The van der Waals surface area contributed by atoms with Crippen molar-refractivity contribution in [2.24, 2.45) is 21.7 Å². The molecule has 4 aliphatic carbocycles. The molecule has 4 amide bonds. The summed E-state index contributed by atoms with van der Waals surface area (Å²) in [5.74, 6) is -4.34. The van der Waals surface area contributed by atoms with E-state index in [4.69, 9.17) is 28.8 Å².